The number of carbonyl (C=O) groups excluding carboxylic acids is 2. The maximum atomic E-state index is 12.7. The summed E-state index contributed by atoms with van der Waals surface area (Å²) in [6.07, 6.45) is 6.40. The Balaban J connectivity index is 1.73. The molecule has 2 aromatic rings. The number of hydrazine groups is 1. The fourth-order valence-corrected chi connectivity index (χ4v) is 5.84. The van der Waals surface area contributed by atoms with Crippen LogP contribution in [0.15, 0.2) is 5.38 Å². The summed E-state index contributed by atoms with van der Waals surface area (Å²) in [4.78, 5) is 27.4. The number of hydrogen-bond donors (Lipinski definition) is 3. The average molecular weight is 466 g/mol. The maximum absolute atomic E-state index is 12.7. The zero-order chi connectivity index (χ0) is 21.7. The third kappa shape index (κ3) is 5.19. The molecule has 1 aliphatic carbocycles. The molecule has 6 nitrogen and oxygen atoms in total. The van der Waals surface area contributed by atoms with E-state index in [2.05, 4.69) is 16.2 Å². The van der Waals surface area contributed by atoms with Crippen LogP contribution in [0, 0.1) is 13.8 Å². The van der Waals surface area contributed by atoms with Crippen molar-refractivity contribution in [1.29, 1.82) is 0 Å². The van der Waals surface area contributed by atoms with Crippen LogP contribution in [0.3, 0.4) is 0 Å². The van der Waals surface area contributed by atoms with Gasteiger partial charge in [0.05, 0.1) is 17.7 Å². The summed E-state index contributed by atoms with van der Waals surface area (Å²) >= 11 is 8.46. The van der Waals surface area contributed by atoms with Crippen LogP contribution in [-0.4, -0.2) is 23.6 Å². The molecule has 30 heavy (non-hydrogen) atoms. The second-order valence-electron chi connectivity index (χ2n) is 7.21. The second-order valence-corrected chi connectivity index (χ2v) is 9.80. The molecule has 0 radical (unpaired) electrons. The summed E-state index contributed by atoms with van der Waals surface area (Å²) in [7, 11) is 0. The van der Waals surface area contributed by atoms with Gasteiger partial charge in [0.25, 0.3) is 5.91 Å². The lowest BCUT2D eigenvalue weighted by molar-refractivity contribution is 0.0526. The molecule has 0 aromatic carbocycles. The van der Waals surface area contributed by atoms with Crippen LogP contribution in [0.5, 0.6) is 0 Å². The highest BCUT2D eigenvalue weighted by Crippen LogP contribution is 2.37. The molecule has 0 atom stereocenters. The van der Waals surface area contributed by atoms with Crippen LogP contribution in [0.25, 0.3) is 0 Å². The van der Waals surface area contributed by atoms with E-state index in [1.54, 1.807) is 18.3 Å². The molecule has 9 heteroatoms. The van der Waals surface area contributed by atoms with Gasteiger partial charge >= 0.3 is 5.97 Å². The van der Waals surface area contributed by atoms with E-state index in [9.17, 15) is 9.59 Å². The smallest absolute Gasteiger partial charge is 0.341 e. The predicted molar refractivity (Wildman–Crippen MR) is 127 cm³/mol. The first-order chi connectivity index (χ1) is 14.4. The van der Waals surface area contributed by atoms with Gasteiger partial charge in [-0.25, -0.2) is 4.79 Å². The molecule has 1 aliphatic rings. The summed E-state index contributed by atoms with van der Waals surface area (Å²) < 4.78 is 5.31. The van der Waals surface area contributed by atoms with Gasteiger partial charge in [0.1, 0.15) is 5.00 Å². The molecule has 1 amide bonds. The number of amides is 1. The molecule has 0 saturated heterocycles. The Bertz CT molecular complexity index is 949. The van der Waals surface area contributed by atoms with Crippen molar-refractivity contribution in [2.75, 3.05) is 11.9 Å². The van der Waals surface area contributed by atoms with E-state index in [4.69, 9.17) is 17.0 Å². The molecule has 162 valence electrons. The third-order valence-corrected chi connectivity index (χ3v) is 7.62. The highest BCUT2D eigenvalue weighted by atomic mass is 32.1. The van der Waals surface area contributed by atoms with E-state index in [0.717, 1.165) is 41.7 Å². The lowest BCUT2D eigenvalue weighted by Crippen LogP contribution is -2.43. The van der Waals surface area contributed by atoms with Gasteiger partial charge in [-0.15, -0.1) is 22.7 Å². The van der Waals surface area contributed by atoms with Gasteiger partial charge in [0.2, 0.25) is 0 Å². The van der Waals surface area contributed by atoms with Crippen LogP contribution in [-0.2, 0) is 17.6 Å². The van der Waals surface area contributed by atoms with Gasteiger partial charge in [-0.1, -0.05) is 12.8 Å². The number of anilines is 1. The highest BCUT2D eigenvalue weighted by molar-refractivity contribution is 7.80. The molecule has 3 N–H and O–H groups in total. The summed E-state index contributed by atoms with van der Waals surface area (Å²) in [6, 6.07) is 0. The molecule has 0 aliphatic heterocycles. The van der Waals surface area contributed by atoms with Crippen LogP contribution in [0.2, 0.25) is 0 Å². The molecule has 0 spiro atoms. The van der Waals surface area contributed by atoms with Crippen LogP contribution < -0.4 is 16.2 Å². The minimum Gasteiger partial charge on any atom is -0.462 e. The fourth-order valence-electron chi connectivity index (χ4n) is 3.48. The van der Waals surface area contributed by atoms with Crippen molar-refractivity contribution in [1.82, 2.24) is 10.9 Å². The topological polar surface area (TPSA) is 79.5 Å². The Labute approximate surface area is 190 Å². The van der Waals surface area contributed by atoms with Crippen molar-refractivity contribution in [3.05, 3.63) is 37.4 Å². The predicted octanol–water partition coefficient (Wildman–Crippen LogP) is 4.89. The fraction of sp³-hybridized carbons (Fsp3) is 0.476. The molecule has 0 saturated carbocycles. The van der Waals surface area contributed by atoms with E-state index in [0.29, 0.717) is 22.7 Å². The molecule has 2 heterocycles. The number of hydrogen-bond acceptors (Lipinski definition) is 6. The van der Waals surface area contributed by atoms with E-state index in [-0.39, 0.29) is 17.0 Å². The SMILES string of the molecule is CCOC(=O)c1c(NC(=S)NNC(=O)c2csc(C)c2C)sc2c1CCCCCC2. The Kier molecular flexibility index (Phi) is 7.85. The molecule has 0 fully saturated rings. The molecular weight excluding hydrogens is 438 g/mol. The number of ether oxygens (including phenoxy) is 1. The summed E-state index contributed by atoms with van der Waals surface area (Å²) in [6.45, 7) is 6.03. The van der Waals surface area contributed by atoms with Crippen LogP contribution >= 0.6 is 34.9 Å². The monoisotopic (exact) mass is 465 g/mol. The first-order valence-electron chi connectivity index (χ1n) is 10.2. The summed E-state index contributed by atoms with van der Waals surface area (Å²) in [5.74, 6) is -0.570. The normalized spacial score (nSPS) is 13.6. The number of carbonyl (C=O) groups is 2. The third-order valence-electron chi connectivity index (χ3n) is 5.20. The van der Waals surface area contributed by atoms with Gasteiger partial charge in [0.15, 0.2) is 5.11 Å². The van der Waals surface area contributed by atoms with Crippen LogP contribution in [0.4, 0.5) is 5.00 Å². The Morgan fingerprint density at radius 2 is 1.87 bits per heavy atom. The van der Waals surface area contributed by atoms with Crippen molar-refractivity contribution in [3.63, 3.8) is 0 Å². The van der Waals surface area contributed by atoms with Crippen molar-refractivity contribution in [3.8, 4) is 0 Å². The number of fused-ring (bicyclic) bond motifs is 1. The van der Waals surface area contributed by atoms with E-state index in [1.807, 2.05) is 19.2 Å². The van der Waals surface area contributed by atoms with Crippen molar-refractivity contribution in [2.24, 2.45) is 0 Å². The molecule has 0 bridgehead atoms. The Morgan fingerprint density at radius 1 is 1.13 bits per heavy atom. The standard InChI is InChI=1S/C21H27N3O3S3/c1-4-27-20(26)17-14-9-7-5-6-8-10-16(14)30-19(17)22-21(28)24-23-18(25)15-11-29-13(3)12(15)2/h11H,4-10H2,1-3H3,(H,23,25)(H2,22,24,28). The average Bonchev–Trinajstić information content (AvgIpc) is 3.19. The molecule has 2 aromatic heterocycles. The number of thiocarbonyl (C=S) groups is 1. The zero-order valence-corrected chi connectivity index (χ0v) is 19.9. The minimum atomic E-state index is -0.325. The molecule has 3 rings (SSSR count). The first kappa shape index (κ1) is 22.7. The zero-order valence-electron chi connectivity index (χ0n) is 17.5. The molecule has 0 unspecified atom stereocenters. The largest absolute Gasteiger partial charge is 0.462 e. The minimum absolute atomic E-state index is 0.229. The van der Waals surface area contributed by atoms with E-state index in [1.165, 1.54) is 29.1 Å². The highest BCUT2D eigenvalue weighted by Gasteiger charge is 2.25. The second kappa shape index (κ2) is 10.4. The van der Waals surface area contributed by atoms with E-state index < -0.39 is 0 Å². The van der Waals surface area contributed by atoms with Gasteiger partial charge in [-0.3, -0.25) is 15.6 Å². The summed E-state index contributed by atoms with van der Waals surface area (Å²) in [5.41, 5.74) is 8.63. The Morgan fingerprint density at radius 3 is 2.53 bits per heavy atom. The van der Waals surface area contributed by atoms with Gasteiger partial charge in [-0.05, 0) is 69.8 Å². The lowest BCUT2D eigenvalue weighted by atomic mass is 9.96. The number of rotatable bonds is 4. The van der Waals surface area contributed by atoms with Crippen molar-refractivity contribution >= 4 is 56.9 Å². The van der Waals surface area contributed by atoms with Gasteiger partial charge in [0, 0.05) is 15.1 Å². The van der Waals surface area contributed by atoms with Gasteiger partial charge < -0.3 is 10.1 Å². The van der Waals surface area contributed by atoms with Gasteiger partial charge in [-0.2, -0.15) is 0 Å². The maximum Gasteiger partial charge on any atom is 0.341 e. The van der Waals surface area contributed by atoms with Crippen molar-refractivity contribution < 1.29 is 14.3 Å². The molecular formula is C21H27N3O3S3. The summed E-state index contributed by atoms with van der Waals surface area (Å²) in [5, 5.41) is 5.84. The number of thiophene rings is 2. The first-order valence-corrected chi connectivity index (χ1v) is 12.3. The van der Waals surface area contributed by atoms with Crippen LogP contribution in [0.1, 0.15) is 74.2 Å². The Hall–Kier alpha value is -1.97. The lowest BCUT2D eigenvalue weighted by Gasteiger charge is -2.13. The quantitative estimate of drug-likeness (QED) is 0.339. The number of aryl methyl sites for hydroxylation is 2. The van der Waals surface area contributed by atoms with E-state index >= 15 is 0 Å². The number of nitrogens with one attached hydrogen (secondary N) is 3. The number of esters is 1. The van der Waals surface area contributed by atoms with Crippen molar-refractivity contribution in [2.45, 2.75) is 59.3 Å².